The first kappa shape index (κ1) is 15.9. The van der Waals surface area contributed by atoms with Crippen molar-refractivity contribution in [2.75, 3.05) is 4.31 Å². The van der Waals surface area contributed by atoms with Crippen LogP contribution in [0.5, 0.6) is 0 Å². The van der Waals surface area contributed by atoms with E-state index in [9.17, 15) is 8.42 Å². The van der Waals surface area contributed by atoms with E-state index in [0.29, 0.717) is 12.2 Å². The summed E-state index contributed by atoms with van der Waals surface area (Å²) in [5.74, 6) is 0. The number of benzene rings is 1. The molecule has 0 atom stereocenters. The topological polar surface area (TPSA) is 75.4 Å². The number of anilines is 1. The summed E-state index contributed by atoms with van der Waals surface area (Å²) in [7, 11) is -3.54. The molecule has 0 saturated carbocycles. The van der Waals surface area contributed by atoms with Gasteiger partial charge in [-0.15, -0.1) is 0 Å². The van der Waals surface area contributed by atoms with Gasteiger partial charge in [0.1, 0.15) is 0 Å². The number of nitrogens with one attached hydrogen (secondary N) is 1. The molecule has 0 aliphatic heterocycles. The maximum absolute atomic E-state index is 12.3. The highest BCUT2D eigenvalue weighted by Crippen LogP contribution is 2.21. The number of rotatable bonds is 6. The van der Waals surface area contributed by atoms with Crippen LogP contribution in [0.15, 0.2) is 24.3 Å². The zero-order chi connectivity index (χ0) is 14.6. The lowest BCUT2D eigenvalue weighted by Gasteiger charge is -2.29. The fraction of sp³-hybridized carbons (Fsp3) is 0.538. The molecule has 1 aromatic rings. The van der Waals surface area contributed by atoms with Crippen molar-refractivity contribution < 1.29 is 8.42 Å². The van der Waals surface area contributed by atoms with Gasteiger partial charge in [-0.05, 0) is 45.4 Å². The molecule has 19 heavy (non-hydrogen) atoms. The van der Waals surface area contributed by atoms with Crippen molar-refractivity contribution in [3.8, 4) is 0 Å². The highest BCUT2D eigenvalue weighted by Gasteiger charge is 2.25. The highest BCUT2D eigenvalue weighted by molar-refractivity contribution is 7.90. The van der Waals surface area contributed by atoms with Crippen LogP contribution in [0.4, 0.5) is 5.69 Å². The molecule has 5 nitrogen and oxygen atoms in total. The lowest BCUT2D eigenvalue weighted by Crippen LogP contribution is -2.47. The number of nitrogens with zero attached hydrogens (tertiary/aromatic N) is 1. The minimum atomic E-state index is -3.54. The van der Waals surface area contributed by atoms with Crippen molar-refractivity contribution in [1.29, 1.82) is 0 Å². The molecule has 1 rings (SSSR count). The van der Waals surface area contributed by atoms with Gasteiger partial charge in [0.05, 0.1) is 5.69 Å². The molecule has 0 heterocycles. The summed E-state index contributed by atoms with van der Waals surface area (Å²) in [6, 6.07) is 6.93. The van der Waals surface area contributed by atoms with E-state index in [1.807, 2.05) is 26.0 Å². The van der Waals surface area contributed by atoms with Gasteiger partial charge in [0.15, 0.2) is 0 Å². The summed E-state index contributed by atoms with van der Waals surface area (Å²) < 4.78 is 28.6. The molecule has 3 N–H and O–H groups in total. The van der Waals surface area contributed by atoms with E-state index in [-0.39, 0.29) is 12.1 Å². The third-order valence-corrected chi connectivity index (χ3v) is 4.46. The molecule has 6 heteroatoms. The lowest BCUT2D eigenvalue weighted by atomic mass is 10.2. The minimum absolute atomic E-state index is 0.144. The van der Waals surface area contributed by atoms with Gasteiger partial charge in [-0.2, -0.15) is 13.1 Å². The van der Waals surface area contributed by atoms with Gasteiger partial charge < -0.3 is 5.73 Å². The van der Waals surface area contributed by atoms with Crippen molar-refractivity contribution in [1.82, 2.24) is 4.72 Å². The van der Waals surface area contributed by atoms with E-state index in [2.05, 4.69) is 4.72 Å². The average molecular weight is 285 g/mol. The zero-order valence-corrected chi connectivity index (χ0v) is 12.7. The van der Waals surface area contributed by atoms with Crippen LogP contribution in [0.3, 0.4) is 0 Å². The van der Waals surface area contributed by atoms with Gasteiger partial charge >= 0.3 is 10.2 Å². The summed E-state index contributed by atoms with van der Waals surface area (Å²) >= 11 is 0. The van der Waals surface area contributed by atoms with Crippen LogP contribution in [-0.4, -0.2) is 20.5 Å². The van der Waals surface area contributed by atoms with Crippen molar-refractivity contribution >= 4 is 15.9 Å². The van der Waals surface area contributed by atoms with Gasteiger partial charge in [0, 0.05) is 18.6 Å². The molecule has 0 amide bonds. The van der Waals surface area contributed by atoms with Crippen molar-refractivity contribution in [3.63, 3.8) is 0 Å². The van der Waals surface area contributed by atoms with Crippen LogP contribution in [0.25, 0.3) is 0 Å². The SMILES string of the molecule is CC(C)NS(=O)(=O)N(c1ccc(CN)cc1)C(C)C. The second-order valence-corrected chi connectivity index (χ2v) is 6.62. The Morgan fingerprint density at radius 1 is 1.16 bits per heavy atom. The Morgan fingerprint density at radius 2 is 1.68 bits per heavy atom. The monoisotopic (exact) mass is 285 g/mol. The second kappa shape index (κ2) is 6.36. The third kappa shape index (κ3) is 4.19. The molecule has 1 aromatic carbocycles. The Hall–Kier alpha value is -1.11. The Balaban J connectivity index is 3.13. The van der Waals surface area contributed by atoms with Crippen LogP contribution < -0.4 is 14.8 Å². The van der Waals surface area contributed by atoms with Crippen LogP contribution in [0, 0.1) is 0 Å². The normalized spacial score (nSPS) is 12.2. The Morgan fingerprint density at radius 3 is 2.05 bits per heavy atom. The number of hydrogen-bond acceptors (Lipinski definition) is 3. The molecule has 0 unspecified atom stereocenters. The maximum Gasteiger partial charge on any atom is 0.302 e. The second-order valence-electron chi connectivity index (χ2n) is 5.04. The van der Waals surface area contributed by atoms with E-state index < -0.39 is 10.2 Å². The van der Waals surface area contributed by atoms with E-state index in [1.54, 1.807) is 26.0 Å². The van der Waals surface area contributed by atoms with Crippen molar-refractivity contribution in [2.45, 2.75) is 46.3 Å². The smallest absolute Gasteiger partial charge is 0.302 e. The molecule has 0 aliphatic carbocycles. The van der Waals surface area contributed by atoms with Crippen LogP contribution in [0.1, 0.15) is 33.3 Å². The molecule has 0 bridgehead atoms. The molecule has 0 aliphatic rings. The Bertz CT molecular complexity index is 495. The molecular formula is C13H23N3O2S. The Labute approximate surface area is 116 Å². The average Bonchev–Trinajstić information content (AvgIpc) is 2.27. The summed E-state index contributed by atoms with van der Waals surface area (Å²) in [5.41, 5.74) is 7.16. The van der Waals surface area contributed by atoms with Crippen LogP contribution in [-0.2, 0) is 16.8 Å². The summed E-state index contributed by atoms with van der Waals surface area (Å²) in [6.07, 6.45) is 0. The van der Waals surface area contributed by atoms with E-state index in [0.717, 1.165) is 5.56 Å². The van der Waals surface area contributed by atoms with Crippen molar-refractivity contribution in [2.24, 2.45) is 5.73 Å². The number of nitrogens with two attached hydrogens (primary N) is 1. The van der Waals surface area contributed by atoms with E-state index >= 15 is 0 Å². The van der Waals surface area contributed by atoms with Gasteiger partial charge in [0.25, 0.3) is 0 Å². The summed E-state index contributed by atoms with van der Waals surface area (Å²) in [6.45, 7) is 7.73. The molecule has 0 aromatic heterocycles. The molecule has 0 spiro atoms. The minimum Gasteiger partial charge on any atom is -0.326 e. The standard InChI is InChI=1S/C13H23N3O2S/c1-10(2)15-19(17,18)16(11(3)4)13-7-5-12(9-14)6-8-13/h5-8,10-11,15H,9,14H2,1-4H3. The van der Waals surface area contributed by atoms with Gasteiger partial charge in [0.2, 0.25) is 0 Å². The summed E-state index contributed by atoms with van der Waals surface area (Å²) in [4.78, 5) is 0. The van der Waals surface area contributed by atoms with Gasteiger partial charge in [-0.25, -0.2) is 0 Å². The van der Waals surface area contributed by atoms with E-state index in [4.69, 9.17) is 5.73 Å². The predicted molar refractivity (Wildman–Crippen MR) is 79.1 cm³/mol. The van der Waals surface area contributed by atoms with Gasteiger partial charge in [-0.1, -0.05) is 12.1 Å². The maximum atomic E-state index is 12.3. The lowest BCUT2D eigenvalue weighted by molar-refractivity contribution is 0.558. The molecule has 0 radical (unpaired) electrons. The van der Waals surface area contributed by atoms with Crippen LogP contribution >= 0.6 is 0 Å². The summed E-state index contributed by atoms with van der Waals surface area (Å²) in [5, 5.41) is 0. The van der Waals surface area contributed by atoms with Gasteiger partial charge in [-0.3, -0.25) is 4.31 Å². The van der Waals surface area contributed by atoms with Crippen LogP contribution in [0.2, 0.25) is 0 Å². The largest absolute Gasteiger partial charge is 0.326 e. The fourth-order valence-corrected chi connectivity index (χ4v) is 3.51. The molecular weight excluding hydrogens is 262 g/mol. The number of hydrogen-bond donors (Lipinski definition) is 2. The van der Waals surface area contributed by atoms with Crippen molar-refractivity contribution in [3.05, 3.63) is 29.8 Å². The third-order valence-electron chi connectivity index (χ3n) is 2.54. The first-order chi connectivity index (χ1) is 8.77. The first-order valence-corrected chi connectivity index (χ1v) is 7.82. The molecule has 108 valence electrons. The van der Waals surface area contributed by atoms with E-state index in [1.165, 1.54) is 4.31 Å². The predicted octanol–water partition coefficient (Wildman–Crippen LogP) is 1.60. The molecule has 0 saturated heterocycles. The zero-order valence-electron chi connectivity index (χ0n) is 11.9. The molecule has 0 fully saturated rings. The first-order valence-electron chi connectivity index (χ1n) is 6.38. The fourth-order valence-electron chi connectivity index (χ4n) is 1.85. The quantitative estimate of drug-likeness (QED) is 0.833. The highest BCUT2D eigenvalue weighted by atomic mass is 32.2. The Kier molecular flexibility index (Phi) is 5.34.